The summed E-state index contributed by atoms with van der Waals surface area (Å²) in [6.45, 7) is 5.83. The molecule has 0 aliphatic carbocycles. The number of likely N-dealkylation sites (tertiary alicyclic amines) is 1. The van der Waals surface area contributed by atoms with Crippen LogP contribution in [-0.4, -0.2) is 73.8 Å². The maximum Gasteiger partial charge on any atom is 0.430 e. The summed E-state index contributed by atoms with van der Waals surface area (Å²) in [7, 11) is -3.95. The van der Waals surface area contributed by atoms with Crippen LogP contribution in [0.1, 0.15) is 49.8 Å². The molecule has 0 unspecified atom stereocenters. The first-order valence-electron chi connectivity index (χ1n) is 16.0. The Kier molecular flexibility index (Phi) is 13.1. The molecule has 3 aromatic rings. The largest absolute Gasteiger partial charge is 0.542 e. The molecule has 1 atom stereocenters. The van der Waals surface area contributed by atoms with E-state index in [4.69, 9.17) is 15.0 Å². The number of hydrogen-bond acceptors (Lipinski definition) is 7. The van der Waals surface area contributed by atoms with Crippen LogP contribution >= 0.6 is 0 Å². The summed E-state index contributed by atoms with van der Waals surface area (Å²) in [6, 6.07) is 27.1. The van der Waals surface area contributed by atoms with Crippen molar-refractivity contribution >= 4 is 33.4 Å². The van der Waals surface area contributed by atoms with Gasteiger partial charge in [0.25, 0.3) is 10.0 Å². The fourth-order valence-electron chi connectivity index (χ4n) is 5.91. The van der Waals surface area contributed by atoms with Gasteiger partial charge >= 0.3 is 12.2 Å². The van der Waals surface area contributed by atoms with Crippen LogP contribution < -0.4 is 15.1 Å². The zero-order chi connectivity index (χ0) is 35.4. The molecule has 14 heteroatoms. The van der Waals surface area contributed by atoms with E-state index in [9.17, 15) is 26.4 Å². The fraction of sp³-hybridized carbons (Fsp3) is 0.371. The number of carboxylic acids is 1. The third-order valence-electron chi connectivity index (χ3n) is 8.34. The summed E-state index contributed by atoms with van der Waals surface area (Å²) in [5, 5.41) is 16.6. The number of nitrogens with one attached hydrogen (secondary N) is 2. The highest BCUT2D eigenvalue weighted by atomic mass is 32.2. The molecule has 1 fully saturated rings. The van der Waals surface area contributed by atoms with Crippen molar-refractivity contribution in [2.45, 2.75) is 56.1 Å². The molecule has 2 aliphatic rings. The number of aliphatic carboxylic acids is 1. The summed E-state index contributed by atoms with van der Waals surface area (Å²) in [5.41, 5.74) is 4.94. The van der Waals surface area contributed by atoms with Crippen molar-refractivity contribution < 1.29 is 41.0 Å². The van der Waals surface area contributed by atoms with Gasteiger partial charge in [0, 0.05) is 18.9 Å². The number of rotatable bonds is 11. The minimum Gasteiger partial charge on any atom is -0.542 e. The zero-order valence-electron chi connectivity index (χ0n) is 27.1. The van der Waals surface area contributed by atoms with Crippen LogP contribution in [0.5, 0.6) is 0 Å². The lowest BCUT2D eigenvalue weighted by Crippen LogP contribution is -2.43. The second kappa shape index (κ2) is 17.2. The maximum absolute atomic E-state index is 12.8. The molecule has 0 bridgehead atoms. The molecule has 49 heavy (non-hydrogen) atoms. The van der Waals surface area contributed by atoms with E-state index in [-0.39, 0.29) is 10.9 Å². The number of piperidine rings is 1. The van der Waals surface area contributed by atoms with Crippen molar-refractivity contribution in [2.24, 2.45) is 11.0 Å². The number of alkyl halides is 3. The van der Waals surface area contributed by atoms with Gasteiger partial charge in [0.05, 0.1) is 23.1 Å². The van der Waals surface area contributed by atoms with Gasteiger partial charge in [0.15, 0.2) is 12.3 Å². The number of hydrazone groups is 1. The summed E-state index contributed by atoms with van der Waals surface area (Å²) >= 11 is 0. The summed E-state index contributed by atoms with van der Waals surface area (Å²) < 4.78 is 61.3. The average Bonchev–Trinajstić information content (AvgIpc) is 3.50. The van der Waals surface area contributed by atoms with Crippen molar-refractivity contribution in [3.8, 4) is 0 Å². The number of amides is 2. The van der Waals surface area contributed by atoms with Crippen LogP contribution in [0.4, 0.5) is 18.0 Å². The molecule has 0 radical (unpaired) electrons. The molecule has 0 spiro atoms. The number of halogens is 3. The Morgan fingerprint density at radius 1 is 0.959 bits per heavy atom. The highest BCUT2D eigenvalue weighted by molar-refractivity contribution is 7.90. The van der Waals surface area contributed by atoms with Crippen LogP contribution in [0.15, 0.2) is 101 Å². The Bertz CT molecular complexity index is 1710. The Balaban J connectivity index is 0.000000698. The molecule has 2 aliphatic heterocycles. The fourth-order valence-corrected chi connectivity index (χ4v) is 6.84. The van der Waals surface area contributed by atoms with Gasteiger partial charge in [-0.25, -0.2) is 17.9 Å². The molecular weight excluding hydrogens is 659 g/mol. The van der Waals surface area contributed by atoms with Crippen molar-refractivity contribution in [3.63, 3.8) is 0 Å². The standard InChI is InChI=1S/C33H39N5O3S.C2HF3O2/c1-2-38-32(25-29(35-38)24-26-12-6-3-7-13-26)28-18-21-37(22-19-28)23-20-31(27-14-8-4-9-15-27)34-33(39)36-42(40,41)30-16-10-5-11-17-30;3-2(4,5)1(6)7/h3-17,28,31H,2,18-25H2,1H3,(H-,34,36,39);(H,6,7)/t31-;/m0./s1. The van der Waals surface area contributed by atoms with E-state index in [0.717, 1.165) is 57.4 Å². The summed E-state index contributed by atoms with van der Waals surface area (Å²) in [5.74, 6) is -2.48. The van der Waals surface area contributed by atoms with Gasteiger partial charge < -0.3 is 20.1 Å². The maximum atomic E-state index is 12.8. The number of carbonyl (C=O) groups excluding carboxylic acids is 2. The number of nitrogens with zero attached hydrogens (tertiary/aromatic N) is 3. The average molecular weight is 700 g/mol. The second-order valence-electron chi connectivity index (χ2n) is 11.8. The van der Waals surface area contributed by atoms with Gasteiger partial charge in [-0.3, -0.25) is 0 Å². The van der Waals surface area contributed by atoms with Crippen molar-refractivity contribution in [1.82, 2.24) is 14.9 Å². The Hall–Kier alpha value is -4.56. The van der Waals surface area contributed by atoms with Crippen molar-refractivity contribution in [1.29, 1.82) is 0 Å². The van der Waals surface area contributed by atoms with Crippen LogP contribution in [0.2, 0.25) is 0 Å². The van der Waals surface area contributed by atoms with E-state index < -0.39 is 28.2 Å². The van der Waals surface area contributed by atoms with E-state index >= 15 is 0 Å². The Morgan fingerprint density at radius 2 is 1.51 bits per heavy atom. The molecule has 10 nitrogen and oxygen atoms in total. The molecule has 2 heterocycles. The predicted octanol–water partition coefficient (Wildman–Crippen LogP) is 4.29. The highest BCUT2D eigenvalue weighted by Crippen LogP contribution is 2.25. The second-order valence-corrected chi connectivity index (χ2v) is 13.4. The van der Waals surface area contributed by atoms with Crippen molar-refractivity contribution in [2.75, 3.05) is 26.2 Å². The molecule has 2 amide bonds. The van der Waals surface area contributed by atoms with E-state index in [2.05, 4.69) is 50.8 Å². The first-order valence-corrected chi connectivity index (χ1v) is 17.5. The molecular formula is C35H40F3N5O5S. The smallest absolute Gasteiger partial charge is 0.430 e. The van der Waals surface area contributed by atoms with Gasteiger partial charge in [0.1, 0.15) is 5.97 Å². The van der Waals surface area contributed by atoms with Gasteiger partial charge in [0.2, 0.25) is 0 Å². The Morgan fingerprint density at radius 3 is 2.06 bits per heavy atom. The number of benzene rings is 3. The monoisotopic (exact) mass is 699 g/mol. The van der Waals surface area contributed by atoms with E-state index in [1.165, 1.54) is 29.1 Å². The van der Waals surface area contributed by atoms with Crippen molar-refractivity contribution in [3.05, 3.63) is 102 Å². The topological polar surface area (TPSA) is 134 Å². The number of sulfonamides is 1. The number of carboxylic acid groups (broad SMARTS) is 1. The minimum absolute atomic E-state index is 0.0543. The van der Waals surface area contributed by atoms with Gasteiger partial charge in [-0.2, -0.15) is 13.2 Å². The zero-order valence-corrected chi connectivity index (χ0v) is 27.9. The molecule has 262 valence electrons. The molecule has 2 N–H and O–H groups in total. The first-order chi connectivity index (χ1) is 23.4. The summed E-state index contributed by atoms with van der Waals surface area (Å²) in [6.07, 6.45) is -0.504. The van der Waals surface area contributed by atoms with Crippen LogP contribution in [0, 0.1) is 5.92 Å². The molecule has 1 saturated heterocycles. The normalized spacial score (nSPS) is 16.3. The quantitative estimate of drug-likeness (QED) is 0.287. The number of urea groups is 1. The van der Waals surface area contributed by atoms with E-state index in [1.807, 2.05) is 36.4 Å². The molecule has 0 saturated carbocycles. The highest BCUT2D eigenvalue weighted by Gasteiger charge is 2.35. The molecule has 0 aromatic heterocycles. The molecule has 3 aromatic carbocycles. The van der Waals surface area contributed by atoms with Gasteiger partial charge in [-0.15, -0.1) is 0 Å². The van der Waals surface area contributed by atoms with Gasteiger partial charge in [-0.1, -0.05) is 83.5 Å². The lowest BCUT2D eigenvalue weighted by Gasteiger charge is -2.32. The van der Waals surface area contributed by atoms with Crippen LogP contribution in [0.25, 0.3) is 0 Å². The third-order valence-corrected chi connectivity index (χ3v) is 9.69. The van der Waals surface area contributed by atoms with E-state index in [1.54, 1.807) is 18.2 Å². The van der Waals surface area contributed by atoms with Crippen LogP contribution in [-0.2, 0) is 21.2 Å². The van der Waals surface area contributed by atoms with Gasteiger partial charge in [-0.05, 0) is 67.6 Å². The lowest BCUT2D eigenvalue weighted by molar-refractivity contribution is -0.529. The van der Waals surface area contributed by atoms with Crippen LogP contribution in [0.3, 0.4) is 0 Å². The number of carbonyl (C=O) groups is 2. The third kappa shape index (κ3) is 11.2. The molecule has 5 rings (SSSR count). The number of hydrogen-bond donors (Lipinski definition) is 2. The SMILES string of the molecule is CC[N+]1=C(C2CCN(CC[C@H](NC(=O)NS(=O)(=O)c3ccccc3)c3ccccc3)CC2)CC(Cc2ccccc2)=N1.O=C([O-])C(F)(F)F. The first kappa shape index (κ1) is 37.3. The predicted molar refractivity (Wildman–Crippen MR) is 177 cm³/mol. The minimum atomic E-state index is -5.19. The summed E-state index contributed by atoms with van der Waals surface area (Å²) in [4.78, 5) is 24.1. The van der Waals surface area contributed by atoms with E-state index in [0.29, 0.717) is 12.3 Å². The Labute approximate surface area is 284 Å². The lowest BCUT2D eigenvalue weighted by atomic mass is 9.88.